The van der Waals surface area contributed by atoms with Crippen LogP contribution in [0.25, 0.3) is 10.9 Å². The van der Waals surface area contributed by atoms with Gasteiger partial charge in [-0.25, -0.2) is 0 Å². The smallest absolute Gasteiger partial charge is 0.203 e. The van der Waals surface area contributed by atoms with Crippen LogP contribution in [-0.2, 0) is 0 Å². The van der Waals surface area contributed by atoms with Crippen molar-refractivity contribution in [3.05, 3.63) is 36.5 Å². The number of aromatic nitrogens is 1. The molecule has 0 saturated heterocycles. The summed E-state index contributed by atoms with van der Waals surface area (Å²) in [6.45, 7) is 0. The molecule has 126 valence electrons. The second kappa shape index (κ2) is 6.97. The van der Waals surface area contributed by atoms with Crippen LogP contribution in [-0.4, -0.2) is 33.4 Å². The maximum atomic E-state index is 5.42. The Bertz CT molecular complexity index is 834. The van der Waals surface area contributed by atoms with Gasteiger partial charge in [-0.1, -0.05) is 11.8 Å². The van der Waals surface area contributed by atoms with Crippen LogP contribution < -0.4 is 18.9 Å². The Labute approximate surface area is 144 Å². The third kappa shape index (κ3) is 2.97. The second-order valence-electron chi connectivity index (χ2n) is 5.03. The van der Waals surface area contributed by atoms with Crippen molar-refractivity contribution in [3.8, 4) is 23.0 Å². The number of ether oxygens (including phenoxy) is 4. The summed E-state index contributed by atoms with van der Waals surface area (Å²) in [6, 6.07) is 9.84. The molecule has 0 fully saturated rings. The summed E-state index contributed by atoms with van der Waals surface area (Å²) in [5.41, 5.74) is 1.06. The zero-order valence-electron chi connectivity index (χ0n) is 14.0. The lowest BCUT2D eigenvalue weighted by atomic mass is 10.2. The number of benzene rings is 2. The van der Waals surface area contributed by atoms with Gasteiger partial charge in [-0.05, 0) is 30.3 Å². The first-order valence-electron chi connectivity index (χ1n) is 7.33. The highest BCUT2D eigenvalue weighted by atomic mass is 32.2. The first-order valence-corrected chi connectivity index (χ1v) is 8.14. The van der Waals surface area contributed by atoms with E-state index in [1.807, 2.05) is 36.5 Å². The highest BCUT2D eigenvalue weighted by Crippen LogP contribution is 2.44. The number of H-pyrrole nitrogens is 1. The molecule has 0 aliphatic rings. The van der Waals surface area contributed by atoms with E-state index in [1.165, 1.54) is 0 Å². The molecule has 24 heavy (non-hydrogen) atoms. The molecule has 0 aliphatic carbocycles. The van der Waals surface area contributed by atoms with E-state index in [9.17, 15) is 0 Å². The van der Waals surface area contributed by atoms with Crippen molar-refractivity contribution in [2.45, 2.75) is 9.79 Å². The molecule has 6 heteroatoms. The summed E-state index contributed by atoms with van der Waals surface area (Å²) in [5, 5.41) is 1.10. The van der Waals surface area contributed by atoms with Gasteiger partial charge in [-0.2, -0.15) is 0 Å². The molecule has 1 heterocycles. The van der Waals surface area contributed by atoms with Crippen LogP contribution in [0.1, 0.15) is 0 Å². The fraction of sp³-hybridized carbons (Fsp3) is 0.222. The van der Waals surface area contributed by atoms with Crippen LogP contribution in [0.2, 0.25) is 0 Å². The van der Waals surface area contributed by atoms with E-state index in [2.05, 4.69) is 4.98 Å². The molecule has 0 amide bonds. The predicted molar refractivity (Wildman–Crippen MR) is 95.1 cm³/mol. The molecule has 0 unspecified atom stereocenters. The van der Waals surface area contributed by atoms with Gasteiger partial charge in [-0.15, -0.1) is 0 Å². The summed E-state index contributed by atoms with van der Waals surface area (Å²) in [5.74, 6) is 2.69. The number of methoxy groups -OCH3 is 4. The molecule has 2 aromatic carbocycles. The molecular formula is C18H19NO4S. The predicted octanol–water partition coefficient (Wildman–Crippen LogP) is 4.35. The van der Waals surface area contributed by atoms with E-state index in [-0.39, 0.29) is 0 Å². The number of hydrogen-bond donors (Lipinski definition) is 1. The van der Waals surface area contributed by atoms with Crippen molar-refractivity contribution in [1.29, 1.82) is 0 Å². The highest BCUT2D eigenvalue weighted by Gasteiger charge is 2.15. The lowest BCUT2D eigenvalue weighted by Gasteiger charge is -2.13. The number of nitrogens with one attached hydrogen (secondary N) is 1. The maximum Gasteiger partial charge on any atom is 0.203 e. The summed E-state index contributed by atoms with van der Waals surface area (Å²) in [6.07, 6.45) is 1.98. The Hall–Kier alpha value is -2.47. The van der Waals surface area contributed by atoms with Crippen LogP contribution in [0, 0.1) is 0 Å². The topological polar surface area (TPSA) is 52.7 Å². The Balaban J connectivity index is 2.02. The van der Waals surface area contributed by atoms with Gasteiger partial charge in [0.15, 0.2) is 11.5 Å². The van der Waals surface area contributed by atoms with Crippen molar-refractivity contribution in [3.63, 3.8) is 0 Å². The Morgan fingerprint density at radius 1 is 0.833 bits per heavy atom. The standard InChI is InChI=1S/C18H19NO4S/c1-20-11-5-6-14-13(7-11)17(10-19-14)24-12-8-15(21-2)18(23-4)16(9-12)22-3/h5-10,19H,1-4H3. The Morgan fingerprint density at radius 2 is 1.54 bits per heavy atom. The summed E-state index contributed by atoms with van der Waals surface area (Å²) in [7, 11) is 6.49. The molecule has 3 aromatic rings. The highest BCUT2D eigenvalue weighted by molar-refractivity contribution is 7.99. The van der Waals surface area contributed by atoms with Crippen LogP contribution in [0.5, 0.6) is 23.0 Å². The van der Waals surface area contributed by atoms with Gasteiger partial charge in [0, 0.05) is 26.9 Å². The molecule has 0 spiro atoms. The molecule has 0 atom stereocenters. The number of fused-ring (bicyclic) bond motifs is 1. The van der Waals surface area contributed by atoms with Crippen molar-refractivity contribution < 1.29 is 18.9 Å². The second-order valence-corrected chi connectivity index (χ2v) is 6.14. The van der Waals surface area contributed by atoms with E-state index in [4.69, 9.17) is 18.9 Å². The molecule has 1 aromatic heterocycles. The minimum Gasteiger partial charge on any atom is -0.497 e. The SMILES string of the molecule is COc1ccc2[nH]cc(Sc3cc(OC)c(OC)c(OC)c3)c2c1. The van der Waals surface area contributed by atoms with Crippen molar-refractivity contribution in [2.24, 2.45) is 0 Å². The number of aromatic amines is 1. The number of rotatable bonds is 6. The third-order valence-electron chi connectivity index (χ3n) is 3.72. The van der Waals surface area contributed by atoms with Gasteiger partial charge in [-0.3, -0.25) is 0 Å². The van der Waals surface area contributed by atoms with Crippen molar-refractivity contribution in [2.75, 3.05) is 28.4 Å². The Morgan fingerprint density at radius 3 is 2.12 bits per heavy atom. The van der Waals surface area contributed by atoms with E-state index >= 15 is 0 Å². The Kier molecular flexibility index (Phi) is 4.76. The molecule has 0 radical (unpaired) electrons. The van der Waals surface area contributed by atoms with E-state index in [1.54, 1.807) is 40.2 Å². The molecule has 0 bridgehead atoms. The lowest BCUT2D eigenvalue weighted by molar-refractivity contribution is 0.323. The quantitative estimate of drug-likeness (QED) is 0.720. The minimum absolute atomic E-state index is 0.588. The van der Waals surface area contributed by atoms with Crippen LogP contribution in [0.3, 0.4) is 0 Å². The molecule has 0 saturated carbocycles. The molecule has 5 nitrogen and oxygen atoms in total. The average molecular weight is 345 g/mol. The minimum atomic E-state index is 0.588. The van der Waals surface area contributed by atoms with Gasteiger partial charge >= 0.3 is 0 Å². The fourth-order valence-corrected chi connectivity index (χ4v) is 3.51. The zero-order valence-corrected chi connectivity index (χ0v) is 14.8. The van der Waals surface area contributed by atoms with Gasteiger partial charge in [0.1, 0.15) is 5.75 Å². The molecule has 1 N–H and O–H groups in total. The van der Waals surface area contributed by atoms with Crippen LogP contribution in [0.4, 0.5) is 0 Å². The van der Waals surface area contributed by atoms with E-state index < -0.39 is 0 Å². The summed E-state index contributed by atoms with van der Waals surface area (Å²) >= 11 is 1.62. The fourth-order valence-electron chi connectivity index (χ4n) is 2.53. The monoisotopic (exact) mass is 345 g/mol. The average Bonchev–Trinajstić information content (AvgIpc) is 3.02. The van der Waals surface area contributed by atoms with Gasteiger partial charge < -0.3 is 23.9 Å². The van der Waals surface area contributed by atoms with Gasteiger partial charge in [0.25, 0.3) is 0 Å². The first-order chi connectivity index (χ1) is 11.7. The summed E-state index contributed by atoms with van der Waals surface area (Å²) < 4.78 is 21.5. The lowest BCUT2D eigenvalue weighted by Crippen LogP contribution is -1.95. The first kappa shape index (κ1) is 16.4. The third-order valence-corrected chi connectivity index (χ3v) is 4.75. The molecule has 0 aliphatic heterocycles. The number of hydrogen-bond acceptors (Lipinski definition) is 5. The largest absolute Gasteiger partial charge is 0.497 e. The normalized spacial score (nSPS) is 10.7. The zero-order chi connectivity index (χ0) is 17.1. The van der Waals surface area contributed by atoms with Crippen molar-refractivity contribution >= 4 is 22.7 Å². The van der Waals surface area contributed by atoms with Crippen molar-refractivity contribution in [1.82, 2.24) is 4.98 Å². The van der Waals surface area contributed by atoms with Gasteiger partial charge in [0.2, 0.25) is 5.75 Å². The van der Waals surface area contributed by atoms with Crippen LogP contribution >= 0.6 is 11.8 Å². The van der Waals surface area contributed by atoms with Crippen LogP contribution in [0.15, 0.2) is 46.3 Å². The summed E-state index contributed by atoms with van der Waals surface area (Å²) in [4.78, 5) is 5.37. The van der Waals surface area contributed by atoms with E-state index in [0.29, 0.717) is 17.2 Å². The van der Waals surface area contributed by atoms with Gasteiger partial charge in [0.05, 0.1) is 28.4 Å². The van der Waals surface area contributed by atoms with E-state index in [0.717, 1.165) is 26.4 Å². The maximum absolute atomic E-state index is 5.42. The molecule has 3 rings (SSSR count). The molecular weight excluding hydrogens is 326 g/mol.